The van der Waals surface area contributed by atoms with Gasteiger partial charge in [0.1, 0.15) is 5.75 Å². The largest absolute Gasteiger partial charge is 0.497 e. The number of carbonyl (C=O) groups excluding carboxylic acids is 2. The molecule has 0 atom stereocenters. The molecule has 3 aromatic rings. The van der Waals surface area contributed by atoms with Gasteiger partial charge in [-0.2, -0.15) is 9.78 Å². The van der Waals surface area contributed by atoms with Crippen LogP contribution in [0.25, 0.3) is 5.69 Å². The van der Waals surface area contributed by atoms with Crippen LogP contribution in [0.1, 0.15) is 23.0 Å². The number of halogens is 1. The fourth-order valence-corrected chi connectivity index (χ4v) is 3.24. The summed E-state index contributed by atoms with van der Waals surface area (Å²) in [4.78, 5) is 37.3. The van der Waals surface area contributed by atoms with E-state index in [4.69, 9.17) is 25.8 Å². The molecule has 0 fully saturated rings. The molecule has 0 spiro atoms. The highest BCUT2D eigenvalue weighted by Crippen LogP contribution is 2.20. The molecule has 3 rings (SSSR count). The summed E-state index contributed by atoms with van der Waals surface area (Å²) in [5.74, 6) is -0.613. The summed E-state index contributed by atoms with van der Waals surface area (Å²) in [6.45, 7) is 1.70. The van der Waals surface area contributed by atoms with Crippen molar-refractivity contribution < 1.29 is 23.8 Å². The van der Waals surface area contributed by atoms with E-state index in [-0.39, 0.29) is 23.1 Å². The van der Waals surface area contributed by atoms with Crippen LogP contribution in [0.15, 0.2) is 59.4 Å². The van der Waals surface area contributed by atoms with Gasteiger partial charge in [0, 0.05) is 6.54 Å². The Bertz CT molecular complexity index is 1210. The molecule has 0 bridgehead atoms. The normalized spacial score (nSPS) is 10.4. The van der Waals surface area contributed by atoms with Crippen molar-refractivity contribution >= 4 is 23.5 Å². The Morgan fingerprint density at radius 1 is 1.12 bits per heavy atom. The molecule has 178 valence electrons. The smallest absolute Gasteiger partial charge is 0.362 e. The molecule has 1 heterocycles. The molecule has 10 heteroatoms. The monoisotopic (exact) mass is 485 g/mol. The predicted molar refractivity (Wildman–Crippen MR) is 126 cm³/mol. The van der Waals surface area contributed by atoms with Gasteiger partial charge >= 0.3 is 5.97 Å². The summed E-state index contributed by atoms with van der Waals surface area (Å²) in [5, 5.41) is 7.10. The van der Waals surface area contributed by atoms with E-state index < -0.39 is 24.0 Å². The second-order valence-electron chi connectivity index (χ2n) is 7.02. The first kappa shape index (κ1) is 24.8. The van der Waals surface area contributed by atoms with E-state index in [9.17, 15) is 14.4 Å². The summed E-state index contributed by atoms with van der Waals surface area (Å²) < 4.78 is 16.6. The van der Waals surface area contributed by atoms with Crippen LogP contribution >= 0.6 is 11.6 Å². The third-order valence-electron chi connectivity index (χ3n) is 4.70. The molecule has 0 aliphatic carbocycles. The lowest BCUT2D eigenvalue weighted by molar-refractivity contribution is -0.123. The van der Waals surface area contributed by atoms with E-state index in [0.717, 1.165) is 22.1 Å². The van der Waals surface area contributed by atoms with E-state index in [1.807, 2.05) is 24.3 Å². The summed E-state index contributed by atoms with van der Waals surface area (Å²) >= 11 is 6.17. The Morgan fingerprint density at radius 3 is 2.53 bits per heavy atom. The van der Waals surface area contributed by atoms with Crippen molar-refractivity contribution in [2.75, 3.05) is 26.9 Å². The zero-order chi connectivity index (χ0) is 24.5. The van der Waals surface area contributed by atoms with Crippen LogP contribution in [0.3, 0.4) is 0 Å². The average Bonchev–Trinajstić information content (AvgIpc) is 2.84. The summed E-state index contributed by atoms with van der Waals surface area (Å²) in [7, 11) is 1.59. The van der Waals surface area contributed by atoms with Crippen LogP contribution in [0, 0.1) is 0 Å². The molecular weight excluding hydrogens is 462 g/mol. The van der Waals surface area contributed by atoms with Crippen molar-refractivity contribution in [3.05, 3.63) is 81.2 Å². The average molecular weight is 486 g/mol. The van der Waals surface area contributed by atoms with Crippen molar-refractivity contribution in [1.29, 1.82) is 0 Å². The number of hydrogen-bond donors (Lipinski definition) is 1. The van der Waals surface area contributed by atoms with Gasteiger partial charge in [-0.15, -0.1) is 0 Å². The Hall–Kier alpha value is -3.85. The number of para-hydroxylation sites is 1. The summed E-state index contributed by atoms with van der Waals surface area (Å²) in [5.41, 5.74) is 0.491. The maximum Gasteiger partial charge on any atom is 0.362 e. The Balaban J connectivity index is 1.69. The summed E-state index contributed by atoms with van der Waals surface area (Å²) in [6, 6.07) is 15.1. The van der Waals surface area contributed by atoms with E-state index in [1.165, 1.54) is 0 Å². The first-order valence-corrected chi connectivity index (χ1v) is 10.9. The van der Waals surface area contributed by atoms with Gasteiger partial charge in [0.05, 0.1) is 30.5 Å². The molecule has 1 N–H and O–H groups in total. The first-order chi connectivity index (χ1) is 16.4. The van der Waals surface area contributed by atoms with Crippen molar-refractivity contribution in [3.63, 3.8) is 0 Å². The molecule has 0 saturated carbocycles. The lowest BCUT2D eigenvalue weighted by atomic mass is 10.1. The van der Waals surface area contributed by atoms with E-state index in [2.05, 4.69) is 10.4 Å². The van der Waals surface area contributed by atoms with Crippen LogP contribution in [0.5, 0.6) is 11.5 Å². The van der Waals surface area contributed by atoms with Gasteiger partial charge in [0.2, 0.25) is 5.69 Å². The van der Waals surface area contributed by atoms with Gasteiger partial charge in [0.25, 0.3) is 11.5 Å². The lowest BCUT2D eigenvalue weighted by Crippen LogP contribution is -2.32. The molecule has 34 heavy (non-hydrogen) atoms. The second-order valence-corrected chi connectivity index (χ2v) is 7.42. The Kier molecular flexibility index (Phi) is 8.64. The predicted octanol–water partition coefficient (Wildman–Crippen LogP) is 2.81. The van der Waals surface area contributed by atoms with Crippen molar-refractivity contribution in [2.45, 2.75) is 13.3 Å². The van der Waals surface area contributed by atoms with E-state index in [0.29, 0.717) is 18.7 Å². The SMILES string of the molecule is CCOC(=O)c1nn(-c2ccccc2Cl)c(=O)cc1OCC(=O)NCCc1ccc(OC)cc1. The third kappa shape index (κ3) is 6.35. The summed E-state index contributed by atoms with van der Waals surface area (Å²) in [6.07, 6.45) is 0.610. The highest BCUT2D eigenvalue weighted by Gasteiger charge is 2.21. The lowest BCUT2D eigenvalue weighted by Gasteiger charge is -2.13. The molecular formula is C24H24ClN3O6. The molecule has 0 saturated heterocycles. The number of hydrogen-bond acceptors (Lipinski definition) is 7. The zero-order valence-electron chi connectivity index (χ0n) is 18.7. The molecule has 2 aromatic carbocycles. The number of aromatic nitrogens is 2. The van der Waals surface area contributed by atoms with Gasteiger partial charge in [-0.05, 0) is 43.2 Å². The van der Waals surface area contributed by atoms with Crippen molar-refractivity contribution in [3.8, 4) is 17.2 Å². The van der Waals surface area contributed by atoms with E-state index >= 15 is 0 Å². The van der Waals surface area contributed by atoms with E-state index in [1.54, 1.807) is 38.3 Å². The highest BCUT2D eigenvalue weighted by atomic mass is 35.5. The highest BCUT2D eigenvalue weighted by molar-refractivity contribution is 6.32. The molecule has 1 amide bonds. The fourth-order valence-electron chi connectivity index (χ4n) is 3.02. The molecule has 9 nitrogen and oxygen atoms in total. The number of nitrogens with one attached hydrogen (secondary N) is 1. The van der Waals surface area contributed by atoms with Crippen LogP contribution in [0.2, 0.25) is 5.02 Å². The minimum atomic E-state index is -0.793. The van der Waals surface area contributed by atoms with Gasteiger partial charge in [-0.25, -0.2) is 4.79 Å². The van der Waals surface area contributed by atoms with Gasteiger partial charge in [-0.1, -0.05) is 35.9 Å². The maximum atomic E-state index is 12.6. The number of esters is 1. The minimum absolute atomic E-state index is 0.0943. The molecule has 0 radical (unpaired) electrons. The first-order valence-electron chi connectivity index (χ1n) is 10.5. The number of nitrogens with zero attached hydrogens (tertiary/aromatic N) is 2. The number of amides is 1. The second kappa shape index (κ2) is 11.9. The molecule has 0 aliphatic heterocycles. The van der Waals surface area contributed by atoms with Crippen molar-refractivity contribution in [2.24, 2.45) is 0 Å². The van der Waals surface area contributed by atoms with Crippen LogP contribution < -0.4 is 20.3 Å². The number of benzene rings is 2. The standard InChI is InChI=1S/C24H24ClN3O6/c1-3-33-24(31)23-20(14-22(30)28(27-23)19-7-5-4-6-18(19)25)34-15-21(29)26-13-12-16-8-10-17(32-2)11-9-16/h4-11,14H,3,12-13,15H2,1-2H3,(H,26,29). The number of rotatable bonds is 10. The number of carbonyl (C=O) groups is 2. The molecule has 0 unspecified atom stereocenters. The topological polar surface area (TPSA) is 109 Å². The zero-order valence-corrected chi connectivity index (χ0v) is 19.5. The van der Waals surface area contributed by atoms with Gasteiger partial charge in [0.15, 0.2) is 12.4 Å². The van der Waals surface area contributed by atoms with Gasteiger partial charge in [-0.3, -0.25) is 9.59 Å². The van der Waals surface area contributed by atoms with Crippen LogP contribution in [-0.4, -0.2) is 48.5 Å². The fraction of sp³-hybridized carbons (Fsp3) is 0.250. The van der Waals surface area contributed by atoms with Crippen molar-refractivity contribution in [1.82, 2.24) is 15.1 Å². The number of methoxy groups -OCH3 is 1. The quantitative estimate of drug-likeness (QED) is 0.440. The maximum absolute atomic E-state index is 12.6. The number of ether oxygens (including phenoxy) is 3. The van der Waals surface area contributed by atoms with Crippen LogP contribution in [0.4, 0.5) is 0 Å². The molecule has 1 aromatic heterocycles. The minimum Gasteiger partial charge on any atom is -0.497 e. The van der Waals surface area contributed by atoms with Crippen LogP contribution in [-0.2, 0) is 16.0 Å². The third-order valence-corrected chi connectivity index (χ3v) is 5.02. The van der Waals surface area contributed by atoms with Gasteiger partial charge < -0.3 is 19.5 Å². The Labute approximate surface area is 201 Å². The molecule has 0 aliphatic rings. The Morgan fingerprint density at radius 2 is 1.85 bits per heavy atom.